The summed E-state index contributed by atoms with van der Waals surface area (Å²) < 4.78 is 0. The molecule has 5 heteroatoms. The summed E-state index contributed by atoms with van der Waals surface area (Å²) >= 11 is 0. The van der Waals surface area contributed by atoms with E-state index in [1.165, 1.54) is 23.8 Å². The quantitative estimate of drug-likeness (QED) is 0.601. The van der Waals surface area contributed by atoms with E-state index in [1.807, 2.05) is 12.3 Å². The van der Waals surface area contributed by atoms with Gasteiger partial charge in [0.25, 0.3) is 0 Å². The Hall–Kier alpha value is -2.21. The fourth-order valence-corrected chi connectivity index (χ4v) is 4.34. The van der Waals surface area contributed by atoms with Crippen molar-refractivity contribution in [3.05, 3.63) is 66.0 Å². The van der Waals surface area contributed by atoms with E-state index in [1.54, 1.807) is 0 Å². The van der Waals surface area contributed by atoms with E-state index in [0.717, 1.165) is 63.3 Å². The zero-order valence-corrected chi connectivity index (χ0v) is 19.9. The second kappa shape index (κ2) is 13.4. The maximum atomic E-state index is 6.13. The second-order valence-electron chi connectivity index (χ2n) is 9.03. The van der Waals surface area contributed by atoms with Gasteiger partial charge in [0, 0.05) is 56.0 Å². The van der Waals surface area contributed by atoms with Crippen LogP contribution >= 0.6 is 0 Å². The van der Waals surface area contributed by atoms with Crippen molar-refractivity contribution in [3.8, 4) is 0 Å². The number of para-hydroxylation sites is 1. The number of fused-ring (bicyclic) bond motifs is 1. The molecule has 1 aliphatic heterocycles. The van der Waals surface area contributed by atoms with Crippen LogP contribution in [0.2, 0.25) is 0 Å². The van der Waals surface area contributed by atoms with E-state index in [4.69, 9.17) is 5.73 Å². The molecule has 32 heavy (non-hydrogen) atoms. The minimum absolute atomic E-state index is 0.477. The van der Waals surface area contributed by atoms with Gasteiger partial charge in [0.1, 0.15) is 0 Å². The van der Waals surface area contributed by atoms with Crippen LogP contribution in [0.5, 0.6) is 0 Å². The van der Waals surface area contributed by atoms with Crippen molar-refractivity contribution in [2.45, 2.75) is 45.6 Å². The van der Waals surface area contributed by atoms with Gasteiger partial charge in [-0.05, 0) is 68.8 Å². The molecule has 0 saturated heterocycles. The molecule has 2 aromatic rings. The first-order valence-corrected chi connectivity index (χ1v) is 12.3. The van der Waals surface area contributed by atoms with E-state index in [9.17, 15) is 0 Å². The van der Waals surface area contributed by atoms with E-state index in [-0.39, 0.29) is 0 Å². The number of benzene rings is 1. The summed E-state index contributed by atoms with van der Waals surface area (Å²) in [5, 5.41) is 8.53. The summed E-state index contributed by atoms with van der Waals surface area (Å²) in [5.74, 6) is 0.543. The van der Waals surface area contributed by atoms with E-state index >= 15 is 0 Å². The maximum absolute atomic E-state index is 6.13. The predicted molar refractivity (Wildman–Crippen MR) is 137 cm³/mol. The van der Waals surface area contributed by atoms with E-state index in [0.29, 0.717) is 12.0 Å². The number of hydrogen-bond acceptors (Lipinski definition) is 5. The molecular formula is C27H41N5. The fourth-order valence-electron chi connectivity index (χ4n) is 4.34. The molecule has 174 valence electrons. The van der Waals surface area contributed by atoms with Gasteiger partial charge in [-0.25, -0.2) is 0 Å². The van der Waals surface area contributed by atoms with Crippen molar-refractivity contribution in [2.75, 3.05) is 39.3 Å². The van der Waals surface area contributed by atoms with Gasteiger partial charge in [0.15, 0.2) is 0 Å². The lowest BCUT2D eigenvalue weighted by Gasteiger charge is -2.27. The highest BCUT2D eigenvalue weighted by molar-refractivity contribution is 5.81. The number of pyridine rings is 1. The van der Waals surface area contributed by atoms with Crippen LogP contribution < -0.4 is 16.4 Å². The highest BCUT2D eigenvalue weighted by Crippen LogP contribution is 2.18. The number of allylic oxidation sites excluding steroid dienone is 2. The average Bonchev–Trinajstić information content (AvgIpc) is 2.81. The molecule has 0 saturated carbocycles. The highest BCUT2D eigenvalue weighted by Gasteiger charge is 2.12. The fraction of sp³-hybridized carbons (Fsp3) is 0.519. The molecule has 0 aliphatic carbocycles. The Balaban J connectivity index is 1.52. The molecule has 1 aromatic carbocycles. The molecule has 0 bridgehead atoms. The van der Waals surface area contributed by atoms with Crippen molar-refractivity contribution in [3.63, 3.8) is 0 Å². The third-order valence-electron chi connectivity index (χ3n) is 6.32. The maximum Gasteiger partial charge on any atom is 0.0704 e. The molecule has 1 unspecified atom stereocenters. The number of nitrogens with zero attached hydrogens (tertiary/aromatic N) is 2. The summed E-state index contributed by atoms with van der Waals surface area (Å²) in [5.41, 5.74) is 9.54. The molecule has 1 aromatic heterocycles. The van der Waals surface area contributed by atoms with Crippen LogP contribution in [0.3, 0.4) is 0 Å². The monoisotopic (exact) mass is 435 g/mol. The van der Waals surface area contributed by atoms with Crippen LogP contribution in [0.15, 0.2) is 60.5 Å². The Morgan fingerprint density at radius 1 is 1.19 bits per heavy atom. The Morgan fingerprint density at radius 2 is 2.06 bits per heavy atom. The van der Waals surface area contributed by atoms with Gasteiger partial charge in [-0.2, -0.15) is 0 Å². The number of aromatic nitrogens is 1. The molecule has 0 radical (unpaired) electrons. The normalized spacial score (nSPS) is 24.5. The van der Waals surface area contributed by atoms with Crippen LogP contribution in [0.1, 0.15) is 38.7 Å². The van der Waals surface area contributed by atoms with Crippen molar-refractivity contribution in [2.24, 2.45) is 11.7 Å². The van der Waals surface area contributed by atoms with E-state index in [2.05, 4.69) is 76.8 Å². The van der Waals surface area contributed by atoms with Crippen molar-refractivity contribution in [1.82, 2.24) is 20.5 Å². The lowest BCUT2D eigenvalue weighted by Crippen LogP contribution is -2.43. The molecule has 3 rings (SSSR count). The van der Waals surface area contributed by atoms with Crippen LogP contribution in [-0.4, -0.2) is 55.2 Å². The molecule has 2 heterocycles. The summed E-state index contributed by atoms with van der Waals surface area (Å²) in [6, 6.07) is 11.1. The van der Waals surface area contributed by atoms with E-state index < -0.39 is 0 Å². The number of rotatable bonds is 6. The molecule has 1 aliphatic rings. The largest absolute Gasteiger partial charge is 0.401 e. The minimum Gasteiger partial charge on any atom is -0.401 e. The summed E-state index contributed by atoms with van der Waals surface area (Å²) in [6.45, 7) is 10.5. The number of nitrogens with two attached hydrogens (primary N) is 1. The zero-order valence-electron chi connectivity index (χ0n) is 19.9. The lowest BCUT2D eigenvalue weighted by molar-refractivity contribution is 0.241. The van der Waals surface area contributed by atoms with Gasteiger partial charge in [-0.15, -0.1) is 0 Å². The topological polar surface area (TPSA) is 66.2 Å². The standard InChI is InChI=1S/C27H41N5/c1-3-23-9-8-11-25(28)20-29-16-18-32(21-22(2)31-19-23)17-7-6-10-24-14-15-30-27-13-5-4-12-26(24)27/h4-5,8-9,11-15,22-23,29,31H,3,6-7,10,16-21,28H2,1-2H3/b9-8-,25-11-/t22-,23?/m0/s1. The smallest absolute Gasteiger partial charge is 0.0704 e. The van der Waals surface area contributed by atoms with Gasteiger partial charge in [0.05, 0.1) is 5.52 Å². The van der Waals surface area contributed by atoms with Gasteiger partial charge >= 0.3 is 0 Å². The molecule has 0 amide bonds. The van der Waals surface area contributed by atoms with Gasteiger partial charge in [-0.3, -0.25) is 4.98 Å². The Labute approximate surface area is 194 Å². The lowest BCUT2D eigenvalue weighted by atomic mass is 10.0. The van der Waals surface area contributed by atoms with Crippen molar-refractivity contribution < 1.29 is 0 Å². The Morgan fingerprint density at radius 3 is 2.94 bits per heavy atom. The molecular weight excluding hydrogens is 394 g/mol. The van der Waals surface area contributed by atoms with Crippen LogP contribution in [0.4, 0.5) is 0 Å². The molecule has 0 fully saturated rings. The molecule has 2 atom stereocenters. The van der Waals surface area contributed by atoms with Crippen LogP contribution in [0, 0.1) is 5.92 Å². The van der Waals surface area contributed by atoms with Crippen molar-refractivity contribution in [1.29, 1.82) is 0 Å². The summed E-state index contributed by atoms with van der Waals surface area (Å²) in [4.78, 5) is 7.09. The number of unbranched alkanes of at least 4 members (excludes halogenated alkanes) is 1. The number of nitrogens with one attached hydrogen (secondary N) is 2. The zero-order chi connectivity index (χ0) is 22.6. The summed E-state index contributed by atoms with van der Waals surface area (Å²) in [6.07, 6.45) is 13.0. The Kier molecular flexibility index (Phi) is 10.2. The SMILES string of the molecule is CCC1/C=C\C=C(/N)CNCCN(CCCCc2ccnc3ccccc23)C[C@H](C)NC1. The third kappa shape index (κ3) is 8.05. The van der Waals surface area contributed by atoms with Gasteiger partial charge in [-0.1, -0.05) is 37.3 Å². The first-order chi connectivity index (χ1) is 15.7. The van der Waals surface area contributed by atoms with Crippen LogP contribution in [-0.2, 0) is 6.42 Å². The average molecular weight is 436 g/mol. The first-order valence-electron chi connectivity index (χ1n) is 12.3. The first kappa shape index (κ1) is 24.4. The molecule has 0 spiro atoms. The minimum atomic E-state index is 0.477. The summed E-state index contributed by atoms with van der Waals surface area (Å²) in [7, 11) is 0. The van der Waals surface area contributed by atoms with Crippen molar-refractivity contribution >= 4 is 10.9 Å². The Bertz CT molecular complexity index is 870. The molecule has 5 nitrogen and oxygen atoms in total. The third-order valence-corrected chi connectivity index (χ3v) is 6.32. The molecule has 4 N–H and O–H groups in total. The predicted octanol–water partition coefficient (Wildman–Crippen LogP) is 3.87. The highest BCUT2D eigenvalue weighted by atomic mass is 15.2. The van der Waals surface area contributed by atoms with Crippen LogP contribution in [0.25, 0.3) is 10.9 Å². The second-order valence-corrected chi connectivity index (χ2v) is 9.03. The van der Waals surface area contributed by atoms with Gasteiger partial charge in [0.2, 0.25) is 0 Å². The van der Waals surface area contributed by atoms with Gasteiger partial charge < -0.3 is 21.3 Å². The number of hydrogen-bond donors (Lipinski definition) is 3. The number of aryl methyl sites for hydroxylation is 1.